The molecule has 0 unspecified atom stereocenters. The normalized spacial score (nSPS) is 11.1. The maximum Gasteiger partial charge on any atom is 0.508 e. The Morgan fingerprint density at radius 2 is 2.12 bits per heavy atom. The molecule has 0 aliphatic heterocycles. The molecule has 17 heavy (non-hydrogen) atoms. The van der Waals surface area contributed by atoms with Gasteiger partial charge in [0.1, 0.15) is 12.4 Å². The number of methoxy groups -OCH3 is 1. The fourth-order valence-electron chi connectivity index (χ4n) is 1.26. The summed E-state index contributed by atoms with van der Waals surface area (Å²) in [7, 11) is 1.27. The van der Waals surface area contributed by atoms with Crippen molar-refractivity contribution in [3.05, 3.63) is 41.5 Å². The summed E-state index contributed by atoms with van der Waals surface area (Å²) in [5.41, 5.74) is 1.74. The van der Waals surface area contributed by atoms with Crippen molar-refractivity contribution < 1.29 is 19.4 Å². The molecule has 4 nitrogen and oxygen atoms in total. The van der Waals surface area contributed by atoms with Gasteiger partial charge in [0.05, 0.1) is 7.11 Å². The topological polar surface area (TPSA) is 55.8 Å². The summed E-state index contributed by atoms with van der Waals surface area (Å²) >= 11 is 0. The standard InChI is InChI=1S/C13H16O4/c1-10(9-17-13(15)16-2)7-8-11-5-3-4-6-12(11)14/h3-7,14H,8-9H2,1-2H3/b10-7+. The molecule has 1 rings (SSSR count). The molecule has 92 valence electrons. The highest BCUT2D eigenvalue weighted by molar-refractivity contribution is 5.59. The number of phenolic OH excluding ortho intramolecular Hbond substituents is 1. The molecule has 1 aromatic carbocycles. The van der Waals surface area contributed by atoms with Crippen molar-refractivity contribution in [1.82, 2.24) is 0 Å². The van der Waals surface area contributed by atoms with E-state index in [-0.39, 0.29) is 12.4 Å². The second-order valence-corrected chi connectivity index (χ2v) is 3.63. The van der Waals surface area contributed by atoms with Gasteiger partial charge in [-0.05, 0) is 30.5 Å². The molecule has 0 radical (unpaired) electrons. The van der Waals surface area contributed by atoms with Gasteiger partial charge >= 0.3 is 6.16 Å². The van der Waals surface area contributed by atoms with Crippen molar-refractivity contribution in [3.8, 4) is 5.75 Å². The molecular weight excluding hydrogens is 220 g/mol. The first-order chi connectivity index (χ1) is 8.13. The fourth-order valence-corrected chi connectivity index (χ4v) is 1.26. The van der Waals surface area contributed by atoms with Crippen LogP contribution < -0.4 is 0 Å². The van der Waals surface area contributed by atoms with Crippen molar-refractivity contribution >= 4 is 6.16 Å². The Hall–Kier alpha value is -1.97. The number of benzene rings is 1. The average Bonchev–Trinajstić information content (AvgIpc) is 2.35. The van der Waals surface area contributed by atoms with Gasteiger partial charge in [0.2, 0.25) is 0 Å². The predicted molar refractivity (Wildman–Crippen MR) is 63.9 cm³/mol. The Labute approximate surface area is 100 Å². The number of aromatic hydroxyl groups is 1. The van der Waals surface area contributed by atoms with Crippen LogP contribution in [0.1, 0.15) is 12.5 Å². The largest absolute Gasteiger partial charge is 0.508 e. The van der Waals surface area contributed by atoms with Crippen LogP contribution in [0.3, 0.4) is 0 Å². The van der Waals surface area contributed by atoms with Crippen molar-refractivity contribution in [1.29, 1.82) is 0 Å². The van der Waals surface area contributed by atoms with Crippen LogP contribution in [-0.4, -0.2) is 25.0 Å². The number of para-hydroxylation sites is 1. The number of rotatable bonds is 4. The summed E-state index contributed by atoms with van der Waals surface area (Å²) in [6.45, 7) is 2.04. The van der Waals surface area contributed by atoms with Gasteiger partial charge in [-0.3, -0.25) is 0 Å². The minimum absolute atomic E-state index is 0.195. The molecule has 0 aromatic heterocycles. The average molecular weight is 236 g/mol. The van der Waals surface area contributed by atoms with E-state index in [0.717, 1.165) is 11.1 Å². The first kappa shape index (κ1) is 13.1. The summed E-state index contributed by atoms with van der Waals surface area (Å²) in [6.07, 6.45) is 1.81. The van der Waals surface area contributed by atoms with Crippen LogP contribution in [0.25, 0.3) is 0 Å². The van der Waals surface area contributed by atoms with Gasteiger partial charge in [0.25, 0.3) is 0 Å². The van der Waals surface area contributed by atoms with E-state index in [2.05, 4.69) is 4.74 Å². The van der Waals surface area contributed by atoms with Gasteiger partial charge in [0.15, 0.2) is 0 Å². The first-order valence-corrected chi connectivity index (χ1v) is 5.26. The molecule has 0 saturated heterocycles. The Morgan fingerprint density at radius 3 is 2.76 bits per heavy atom. The monoisotopic (exact) mass is 236 g/mol. The van der Waals surface area contributed by atoms with Crippen LogP contribution in [-0.2, 0) is 15.9 Å². The smallest absolute Gasteiger partial charge is 0.508 e. The zero-order valence-electron chi connectivity index (χ0n) is 9.97. The fraction of sp³-hybridized carbons (Fsp3) is 0.308. The highest BCUT2D eigenvalue weighted by Gasteiger charge is 2.01. The molecule has 0 saturated carbocycles. The molecule has 4 heteroatoms. The zero-order valence-corrected chi connectivity index (χ0v) is 9.97. The third-order valence-electron chi connectivity index (χ3n) is 2.25. The second kappa shape index (κ2) is 6.58. The van der Waals surface area contributed by atoms with Gasteiger partial charge < -0.3 is 14.6 Å². The van der Waals surface area contributed by atoms with E-state index in [1.165, 1.54) is 7.11 Å². The number of ether oxygens (including phenoxy) is 2. The van der Waals surface area contributed by atoms with Crippen LogP contribution in [0, 0.1) is 0 Å². The summed E-state index contributed by atoms with van der Waals surface area (Å²) in [4.78, 5) is 10.7. The number of hydrogen-bond acceptors (Lipinski definition) is 4. The molecule has 1 N–H and O–H groups in total. The summed E-state index contributed by atoms with van der Waals surface area (Å²) < 4.78 is 9.13. The lowest BCUT2D eigenvalue weighted by Crippen LogP contribution is -2.06. The van der Waals surface area contributed by atoms with Crippen molar-refractivity contribution in [3.63, 3.8) is 0 Å². The molecule has 0 heterocycles. The number of phenols is 1. The molecular formula is C13H16O4. The lowest BCUT2D eigenvalue weighted by Gasteiger charge is -2.04. The maximum atomic E-state index is 10.7. The molecule has 0 aliphatic carbocycles. The van der Waals surface area contributed by atoms with Crippen LogP contribution in [0.15, 0.2) is 35.9 Å². The van der Waals surface area contributed by atoms with Crippen molar-refractivity contribution in [2.24, 2.45) is 0 Å². The lowest BCUT2D eigenvalue weighted by molar-refractivity contribution is 0.0798. The van der Waals surface area contributed by atoms with E-state index in [4.69, 9.17) is 4.74 Å². The second-order valence-electron chi connectivity index (χ2n) is 3.63. The predicted octanol–water partition coefficient (Wildman–Crippen LogP) is 2.66. The molecule has 0 spiro atoms. The van der Waals surface area contributed by atoms with Gasteiger partial charge in [-0.1, -0.05) is 24.3 Å². The van der Waals surface area contributed by atoms with Crippen LogP contribution in [0.5, 0.6) is 5.75 Å². The molecule has 0 bridgehead atoms. The minimum Gasteiger partial charge on any atom is -0.508 e. The zero-order chi connectivity index (χ0) is 12.7. The molecule has 0 atom stereocenters. The maximum absolute atomic E-state index is 10.7. The highest BCUT2D eigenvalue weighted by Crippen LogP contribution is 2.16. The van der Waals surface area contributed by atoms with E-state index in [0.29, 0.717) is 6.42 Å². The number of carbonyl (C=O) groups is 1. The van der Waals surface area contributed by atoms with E-state index in [1.807, 2.05) is 25.1 Å². The Balaban J connectivity index is 2.48. The van der Waals surface area contributed by atoms with E-state index < -0.39 is 6.16 Å². The van der Waals surface area contributed by atoms with E-state index >= 15 is 0 Å². The minimum atomic E-state index is -0.694. The SMILES string of the molecule is COC(=O)OC/C(C)=C/Cc1ccccc1O. The van der Waals surface area contributed by atoms with E-state index in [1.54, 1.807) is 12.1 Å². The Morgan fingerprint density at radius 1 is 1.41 bits per heavy atom. The molecule has 0 amide bonds. The molecule has 0 fully saturated rings. The van der Waals surface area contributed by atoms with E-state index in [9.17, 15) is 9.90 Å². The summed E-state index contributed by atoms with van der Waals surface area (Å²) in [5.74, 6) is 0.269. The number of hydrogen-bond donors (Lipinski definition) is 1. The van der Waals surface area contributed by atoms with Gasteiger partial charge in [-0.15, -0.1) is 0 Å². The summed E-state index contributed by atoms with van der Waals surface area (Å²) in [5, 5.41) is 9.54. The highest BCUT2D eigenvalue weighted by atomic mass is 16.7. The van der Waals surface area contributed by atoms with Crippen molar-refractivity contribution in [2.75, 3.05) is 13.7 Å². The van der Waals surface area contributed by atoms with Crippen molar-refractivity contribution in [2.45, 2.75) is 13.3 Å². The third-order valence-corrected chi connectivity index (χ3v) is 2.25. The Kier molecular flexibility index (Phi) is 5.07. The lowest BCUT2D eigenvalue weighted by atomic mass is 10.1. The molecule has 1 aromatic rings. The van der Waals surface area contributed by atoms with Crippen LogP contribution in [0.2, 0.25) is 0 Å². The van der Waals surface area contributed by atoms with Crippen LogP contribution in [0.4, 0.5) is 4.79 Å². The Bertz CT molecular complexity index is 410. The molecule has 0 aliphatic rings. The number of carbonyl (C=O) groups excluding carboxylic acids is 1. The first-order valence-electron chi connectivity index (χ1n) is 5.26. The number of allylic oxidation sites excluding steroid dienone is 1. The third kappa shape index (κ3) is 4.59. The van der Waals surface area contributed by atoms with Gasteiger partial charge in [-0.2, -0.15) is 0 Å². The summed E-state index contributed by atoms with van der Waals surface area (Å²) in [6, 6.07) is 7.13. The van der Waals surface area contributed by atoms with Gasteiger partial charge in [-0.25, -0.2) is 4.79 Å². The quantitative estimate of drug-likeness (QED) is 0.645. The van der Waals surface area contributed by atoms with Crippen LogP contribution >= 0.6 is 0 Å². The van der Waals surface area contributed by atoms with Gasteiger partial charge in [0, 0.05) is 0 Å².